The number of esters is 1. The second-order valence-corrected chi connectivity index (χ2v) is 6.44. The Kier molecular flexibility index (Phi) is 6.50. The number of nitro groups is 1. The van der Waals surface area contributed by atoms with Crippen molar-refractivity contribution in [1.29, 1.82) is 0 Å². The second kappa shape index (κ2) is 9.24. The maximum atomic E-state index is 12.0. The van der Waals surface area contributed by atoms with Crippen LogP contribution in [0.15, 0.2) is 51.7 Å². The molecule has 0 aliphatic carbocycles. The van der Waals surface area contributed by atoms with Gasteiger partial charge in [0.1, 0.15) is 19.0 Å². The Morgan fingerprint density at radius 3 is 2.76 bits per heavy atom. The SMILES string of the molecule is O=C(CCCn1c(=O)oc2cc([N+](=O)[O-])ccc21)OCCOc1ccccc1Cl. The maximum absolute atomic E-state index is 12.0. The summed E-state index contributed by atoms with van der Waals surface area (Å²) >= 11 is 5.96. The maximum Gasteiger partial charge on any atom is 0.419 e. The summed E-state index contributed by atoms with van der Waals surface area (Å²) in [5.41, 5.74) is 0.395. The monoisotopic (exact) mass is 420 g/mol. The van der Waals surface area contributed by atoms with E-state index in [1.807, 2.05) is 0 Å². The molecule has 2 aromatic carbocycles. The highest BCUT2D eigenvalue weighted by molar-refractivity contribution is 6.32. The number of aryl methyl sites for hydroxylation is 1. The number of halogens is 1. The molecule has 0 bridgehead atoms. The van der Waals surface area contributed by atoms with E-state index in [-0.39, 0.29) is 37.4 Å². The molecule has 3 rings (SSSR count). The minimum Gasteiger partial charge on any atom is -0.488 e. The highest BCUT2D eigenvalue weighted by atomic mass is 35.5. The lowest BCUT2D eigenvalue weighted by Crippen LogP contribution is -2.16. The van der Waals surface area contributed by atoms with E-state index in [1.54, 1.807) is 24.3 Å². The number of fused-ring (bicyclic) bond motifs is 1. The summed E-state index contributed by atoms with van der Waals surface area (Å²) in [5, 5.41) is 11.3. The molecular weight excluding hydrogens is 404 g/mol. The zero-order valence-corrected chi connectivity index (χ0v) is 16.0. The van der Waals surface area contributed by atoms with Crippen molar-refractivity contribution in [2.45, 2.75) is 19.4 Å². The topological polar surface area (TPSA) is 114 Å². The standard InChI is InChI=1S/C19H17ClN2O7/c20-14-4-1-2-5-16(14)27-10-11-28-18(23)6-3-9-21-15-8-7-13(22(25)26)12-17(15)29-19(21)24/h1-2,4-5,7-8,12H,3,6,9-11H2. The minimum atomic E-state index is -0.637. The number of rotatable bonds is 9. The van der Waals surface area contributed by atoms with Crippen molar-refractivity contribution >= 4 is 34.4 Å². The van der Waals surface area contributed by atoms with E-state index in [0.29, 0.717) is 22.7 Å². The number of hydrogen-bond acceptors (Lipinski definition) is 7. The van der Waals surface area contributed by atoms with Crippen LogP contribution < -0.4 is 10.5 Å². The van der Waals surface area contributed by atoms with Crippen LogP contribution in [0.4, 0.5) is 5.69 Å². The molecule has 1 heterocycles. The molecule has 0 unspecified atom stereocenters. The van der Waals surface area contributed by atoms with Crippen LogP contribution in [-0.4, -0.2) is 28.7 Å². The summed E-state index contributed by atoms with van der Waals surface area (Å²) in [7, 11) is 0. The average Bonchev–Trinajstić information content (AvgIpc) is 3.01. The highest BCUT2D eigenvalue weighted by Crippen LogP contribution is 2.23. The molecule has 0 aliphatic rings. The quantitative estimate of drug-likeness (QED) is 0.225. The van der Waals surface area contributed by atoms with Gasteiger partial charge in [0.2, 0.25) is 0 Å². The first-order valence-corrected chi connectivity index (χ1v) is 9.14. The third-order valence-corrected chi connectivity index (χ3v) is 4.38. The van der Waals surface area contributed by atoms with Gasteiger partial charge < -0.3 is 13.9 Å². The van der Waals surface area contributed by atoms with Gasteiger partial charge in [-0.25, -0.2) is 4.79 Å². The molecule has 0 saturated carbocycles. The molecule has 0 amide bonds. The molecule has 0 spiro atoms. The molecule has 0 aliphatic heterocycles. The van der Waals surface area contributed by atoms with Gasteiger partial charge >= 0.3 is 11.7 Å². The van der Waals surface area contributed by atoms with Crippen molar-refractivity contribution in [2.24, 2.45) is 0 Å². The Labute approximate surface area is 169 Å². The van der Waals surface area contributed by atoms with Gasteiger partial charge in [0.25, 0.3) is 5.69 Å². The number of oxazole rings is 1. The van der Waals surface area contributed by atoms with E-state index < -0.39 is 16.6 Å². The molecule has 0 radical (unpaired) electrons. The predicted molar refractivity (Wildman–Crippen MR) is 104 cm³/mol. The fourth-order valence-electron chi connectivity index (χ4n) is 2.70. The van der Waals surface area contributed by atoms with E-state index in [4.69, 9.17) is 25.5 Å². The Morgan fingerprint density at radius 2 is 2.00 bits per heavy atom. The van der Waals surface area contributed by atoms with E-state index in [9.17, 15) is 19.7 Å². The summed E-state index contributed by atoms with van der Waals surface area (Å²) < 4.78 is 16.9. The first-order chi connectivity index (χ1) is 14.0. The molecule has 0 fully saturated rings. The van der Waals surface area contributed by atoms with Gasteiger partial charge in [-0.1, -0.05) is 23.7 Å². The van der Waals surface area contributed by atoms with Gasteiger partial charge in [0.05, 0.1) is 21.5 Å². The van der Waals surface area contributed by atoms with Crippen molar-refractivity contribution in [3.05, 3.63) is 68.2 Å². The van der Waals surface area contributed by atoms with E-state index >= 15 is 0 Å². The minimum absolute atomic E-state index is 0.0717. The van der Waals surface area contributed by atoms with Crippen LogP contribution in [0.25, 0.3) is 11.1 Å². The summed E-state index contributed by atoms with van der Waals surface area (Å²) in [5.74, 6) is -0.553. The Hall–Kier alpha value is -3.33. The molecule has 0 N–H and O–H groups in total. The summed E-state index contributed by atoms with van der Waals surface area (Å²) in [6, 6.07) is 10.9. The molecular formula is C19H17ClN2O7. The molecule has 29 heavy (non-hydrogen) atoms. The number of carbonyl (C=O) groups is 1. The smallest absolute Gasteiger partial charge is 0.419 e. The fraction of sp³-hybridized carbons (Fsp3) is 0.263. The zero-order chi connectivity index (χ0) is 20.8. The van der Waals surface area contributed by atoms with Gasteiger partial charge in [0.15, 0.2) is 5.58 Å². The fourth-order valence-corrected chi connectivity index (χ4v) is 2.89. The molecule has 0 saturated heterocycles. The third-order valence-electron chi connectivity index (χ3n) is 4.07. The number of carbonyl (C=O) groups excluding carboxylic acids is 1. The number of non-ortho nitro benzene ring substituents is 1. The van der Waals surface area contributed by atoms with Crippen LogP contribution >= 0.6 is 11.6 Å². The predicted octanol–water partition coefficient (Wildman–Crippen LogP) is 3.56. The number of aromatic nitrogens is 1. The van der Waals surface area contributed by atoms with Crippen molar-refractivity contribution in [3.63, 3.8) is 0 Å². The highest BCUT2D eigenvalue weighted by Gasteiger charge is 2.14. The number of para-hydroxylation sites is 1. The molecule has 10 heteroatoms. The number of ether oxygens (including phenoxy) is 2. The third kappa shape index (κ3) is 5.14. The Balaban J connectivity index is 1.45. The van der Waals surface area contributed by atoms with Gasteiger partial charge in [-0.15, -0.1) is 0 Å². The largest absolute Gasteiger partial charge is 0.488 e. The normalized spacial score (nSPS) is 10.8. The molecule has 9 nitrogen and oxygen atoms in total. The van der Waals surface area contributed by atoms with Crippen LogP contribution in [0, 0.1) is 10.1 Å². The van der Waals surface area contributed by atoms with Crippen molar-refractivity contribution in [3.8, 4) is 5.75 Å². The van der Waals surface area contributed by atoms with Gasteiger partial charge in [-0.3, -0.25) is 19.5 Å². The van der Waals surface area contributed by atoms with E-state index in [0.717, 1.165) is 0 Å². The Bertz CT molecular complexity index is 1090. The number of nitrogens with zero attached hydrogens (tertiary/aromatic N) is 2. The number of nitro benzene ring substituents is 1. The number of benzene rings is 2. The second-order valence-electron chi connectivity index (χ2n) is 6.03. The summed E-state index contributed by atoms with van der Waals surface area (Å²) in [6.45, 7) is 0.456. The number of hydrogen-bond donors (Lipinski definition) is 0. The van der Waals surface area contributed by atoms with Crippen molar-refractivity contribution < 1.29 is 23.6 Å². The zero-order valence-electron chi connectivity index (χ0n) is 15.2. The van der Waals surface area contributed by atoms with Crippen LogP contribution in [-0.2, 0) is 16.1 Å². The van der Waals surface area contributed by atoms with Crippen LogP contribution in [0.3, 0.4) is 0 Å². The molecule has 3 aromatic rings. The molecule has 0 atom stereocenters. The summed E-state index contributed by atoms with van der Waals surface area (Å²) in [6.07, 6.45) is 0.438. The average molecular weight is 421 g/mol. The van der Waals surface area contributed by atoms with Crippen LogP contribution in [0.5, 0.6) is 5.75 Å². The summed E-state index contributed by atoms with van der Waals surface area (Å²) in [4.78, 5) is 34.0. The first-order valence-electron chi connectivity index (χ1n) is 8.76. The van der Waals surface area contributed by atoms with Crippen LogP contribution in [0.2, 0.25) is 5.02 Å². The van der Waals surface area contributed by atoms with Crippen LogP contribution in [0.1, 0.15) is 12.8 Å². The lowest BCUT2D eigenvalue weighted by atomic mass is 10.2. The first kappa shape index (κ1) is 20.4. The van der Waals surface area contributed by atoms with Gasteiger partial charge in [-0.05, 0) is 24.6 Å². The lowest BCUT2D eigenvalue weighted by Gasteiger charge is -2.08. The van der Waals surface area contributed by atoms with E-state index in [1.165, 1.54) is 22.8 Å². The van der Waals surface area contributed by atoms with Crippen molar-refractivity contribution in [1.82, 2.24) is 4.57 Å². The van der Waals surface area contributed by atoms with Gasteiger partial charge in [0, 0.05) is 19.0 Å². The van der Waals surface area contributed by atoms with Crippen molar-refractivity contribution in [2.75, 3.05) is 13.2 Å². The molecule has 1 aromatic heterocycles. The Morgan fingerprint density at radius 1 is 1.21 bits per heavy atom. The lowest BCUT2D eigenvalue weighted by molar-refractivity contribution is -0.384. The van der Waals surface area contributed by atoms with E-state index in [2.05, 4.69) is 0 Å². The van der Waals surface area contributed by atoms with Gasteiger partial charge in [-0.2, -0.15) is 0 Å². The molecule has 152 valence electrons.